The van der Waals surface area contributed by atoms with Gasteiger partial charge in [-0.3, -0.25) is 9.78 Å². The molecule has 0 saturated heterocycles. The van der Waals surface area contributed by atoms with Crippen molar-refractivity contribution in [2.45, 2.75) is 18.3 Å². The van der Waals surface area contributed by atoms with Crippen LogP contribution in [0.25, 0.3) is 33.3 Å². The number of aryl methyl sites for hydroxylation is 1. The van der Waals surface area contributed by atoms with Gasteiger partial charge in [0.15, 0.2) is 0 Å². The van der Waals surface area contributed by atoms with E-state index in [9.17, 15) is 26.4 Å². The second kappa shape index (κ2) is 8.17. The number of primary amides is 1. The number of sulfone groups is 1. The van der Waals surface area contributed by atoms with Gasteiger partial charge in [-0.05, 0) is 42.3 Å². The van der Waals surface area contributed by atoms with Crippen LogP contribution in [0, 0.1) is 6.92 Å². The summed E-state index contributed by atoms with van der Waals surface area (Å²) in [4.78, 5) is 24.1. The minimum absolute atomic E-state index is 0.146. The highest BCUT2D eigenvalue weighted by Crippen LogP contribution is 2.40. The fourth-order valence-electron chi connectivity index (χ4n) is 3.60. The van der Waals surface area contributed by atoms with Gasteiger partial charge >= 0.3 is 6.18 Å². The van der Waals surface area contributed by atoms with E-state index >= 15 is 0 Å². The van der Waals surface area contributed by atoms with Gasteiger partial charge in [0.25, 0.3) is 0 Å². The molecule has 0 fully saturated rings. The van der Waals surface area contributed by atoms with E-state index in [1.807, 2.05) is 0 Å². The summed E-state index contributed by atoms with van der Waals surface area (Å²) in [5.74, 6) is -0.981. The number of hydrogen-bond acceptors (Lipinski definition) is 6. The van der Waals surface area contributed by atoms with E-state index in [0.29, 0.717) is 22.2 Å². The summed E-state index contributed by atoms with van der Waals surface area (Å²) in [6.07, 6.45) is -1.01. The zero-order chi connectivity index (χ0) is 24.8. The summed E-state index contributed by atoms with van der Waals surface area (Å²) in [6.45, 7) is 1.76. The predicted octanol–water partition coefficient (Wildman–Crippen LogP) is 4.19. The van der Waals surface area contributed by atoms with Crippen LogP contribution in [0.5, 0.6) is 0 Å². The highest BCUT2D eigenvalue weighted by Gasteiger charge is 2.35. The Morgan fingerprint density at radius 3 is 2.41 bits per heavy atom. The van der Waals surface area contributed by atoms with E-state index < -0.39 is 27.5 Å². The Kier molecular flexibility index (Phi) is 5.60. The lowest BCUT2D eigenvalue weighted by atomic mass is 9.90. The van der Waals surface area contributed by atoms with Gasteiger partial charge in [-0.2, -0.15) is 13.2 Å². The third kappa shape index (κ3) is 4.34. The molecule has 0 bridgehead atoms. The number of amides is 1. The lowest BCUT2D eigenvalue weighted by molar-refractivity contribution is -0.137. The third-order valence-corrected chi connectivity index (χ3v) is 6.07. The number of nitrogens with two attached hydrogens (primary N) is 1. The van der Waals surface area contributed by atoms with Crippen LogP contribution in [0.3, 0.4) is 0 Å². The molecule has 174 valence electrons. The van der Waals surface area contributed by atoms with Crippen molar-refractivity contribution in [3.05, 3.63) is 71.5 Å². The van der Waals surface area contributed by atoms with E-state index in [4.69, 9.17) is 5.73 Å². The SMILES string of the molecule is Cc1ccc(-c2c(C(N)=O)cccc2C(F)(F)F)cc1-c1cc2cnc(S(C)(=O)=O)nc2cn1. The molecule has 2 aromatic heterocycles. The molecule has 0 saturated carbocycles. The van der Waals surface area contributed by atoms with Crippen molar-refractivity contribution in [3.63, 3.8) is 0 Å². The quantitative estimate of drug-likeness (QED) is 0.433. The topological polar surface area (TPSA) is 116 Å². The molecule has 2 N–H and O–H groups in total. The van der Waals surface area contributed by atoms with E-state index in [-0.39, 0.29) is 21.8 Å². The smallest absolute Gasteiger partial charge is 0.366 e. The molecular weight excluding hydrogens is 469 g/mol. The van der Waals surface area contributed by atoms with Crippen LogP contribution in [-0.2, 0) is 16.0 Å². The zero-order valence-electron chi connectivity index (χ0n) is 17.9. The van der Waals surface area contributed by atoms with Gasteiger partial charge in [-0.15, -0.1) is 0 Å². The Hall–Kier alpha value is -3.86. The molecule has 0 aliphatic carbocycles. The van der Waals surface area contributed by atoms with Gasteiger partial charge in [0, 0.05) is 34.5 Å². The number of hydrogen-bond donors (Lipinski definition) is 1. The van der Waals surface area contributed by atoms with Crippen LogP contribution in [0.2, 0.25) is 0 Å². The van der Waals surface area contributed by atoms with Crippen molar-refractivity contribution < 1.29 is 26.4 Å². The van der Waals surface area contributed by atoms with Crippen molar-refractivity contribution in [2.75, 3.05) is 6.26 Å². The monoisotopic (exact) mass is 486 g/mol. The number of aromatic nitrogens is 3. The summed E-state index contributed by atoms with van der Waals surface area (Å²) in [5, 5.41) is 0.159. The first-order valence-electron chi connectivity index (χ1n) is 9.80. The van der Waals surface area contributed by atoms with Gasteiger partial charge in [0.2, 0.25) is 20.9 Å². The van der Waals surface area contributed by atoms with Crippen LogP contribution < -0.4 is 5.73 Å². The summed E-state index contributed by atoms with van der Waals surface area (Å²) < 4.78 is 64.6. The molecule has 4 aromatic rings. The second-order valence-corrected chi connectivity index (χ2v) is 9.58. The molecule has 7 nitrogen and oxygen atoms in total. The van der Waals surface area contributed by atoms with E-state index in [1.54, 1.807) is 19.1 Å². The summed E-state index contributed by atoms with van der Waals surface area (Å²) in [5.41, 5.74) is 5.91. The Bertz CT molecular complexity index is 1570. The van der Waals surface area contributed by atoms with Gasteiger partial charge in [-0.25, -0.2) is 18.4 Å². The molecule has 0 aliphatic heterocycles. The van der Waals surface area contributed by atoms with Gasteiger partial charge < -0.3 is 5.73 Å². The summed E-state index contributed by atoms with van der Waals surface area (Å²) in [7, 11) is -3.61. The van der Waals surface area contributed by atoms with Crippen molar-refractivity contribution >= 4 is 26.6 Å². The molecule has 2 heterocycles. The number of benzene rings is 2. The fourth-order valence-corrected chi connectivity index (χ4v) is 4.11. The maximum Gasteiger partial charge on any atom is 0.417 e. The highest BCUT2D eigenvalue weighted by molar-refractivity contribution is 7.90. The molecule has 0 spiro atoms. The van der Waals surface area contributed by atoms with Gasteiger partial charge in [-0.1, -0.05) is 18.2 Å². The molecule has 2 aromatic carbocycles. The molecule has 1 amide bonds. The minimum atomic E-state index is -4.71. The molecular formula is C23H17F3N4O3S. The number of halogens is 3. The largest absolute Gasteiger partial charge is 0.417 e. The first-order valence-corrected chi connectivity index (χ1v) is 11.7. The Morgan fingerprint density at radius 2 is 1.76 bits per heavy atom. The van der Waals surface area contributed by atoms with E-state index in [2.05, 4.69) is 15.0 Å². The predicted molar refractivity (Wildman–Crippen MR) is 120 cm³/mol. The van der Waals surface area contributed by atoms with Crippen LogP contribution >= 0.6 is 0 Å². The first-order chi connectivity index (χ1) is 15.9. The Balaban J connectivity index is 1.91. The maximum absolute atomic E-state index is 13.8. The number of pyridine rings is 1. The van der Waals surface area contributed by atoms with Crippen LogP contribution in [0.1, 0.15) is 21.5 Å². The third-order valence-electron chi connectivity index (χ3n) is 5.21. The fraction of sp³-hybridized carbons (Fsp3) is 0.130. The standard InChI is InChI=1S/C23H17F3N4O3S/c1-12-6-7-13(20-15(21(27)31)4-3-5-17(20)23(24,25)26)8-16(12)18-9-14-10-29-22(34(2,32)33)30-19(14)11-28-18/h3-11H,1-2H3,(H2,27,31). The van der Waals surface area contributed by atoms with Crippen LogP contribution in [0.15, 0.2) is 60.0 Å². The number of carbonyl (C=O) groups excluding carboxylic acids is 1. The van der Waals surface area contributed by atoms with E-state index in [0.717, 1.165) is 24.0 Å². The number of carbonyl (C=O) groups is 1. The summed E-state index contributed by atoms with van der Waals surface area (Å²) in [6, 6.07) is 9.50. The number of alkyl halides is 3. The van der Waals surface area contributed by atoms with Crippen LogP contribution in [0.4, 0.5) is 13.2 Å². The Labute approximate surface area is 192 Å². The molecule has 0 atom stereocenters. The summed E-state index contributed by atoms with van der Waals surface area (Å²) >= 11 is 0. The van der Waals surface area contributed by atoms with Crippen molar-refractivity contribution in [2.24, 2.45) is 5.73 Å². The van der Waals surface area contributed by atoms with Crippen molar-refractivity contribution in [1.29, 1.82) is 0 Å². The Morgan fingerprint density at radius 1 is 1.03 bits per heavy atom. The minimum Gasteiger partial charge on any atom is -0.366 e. The molecule has 11 heteroatoms. The highest BCUT2D eigenvalue weighted by atomic mass is 32.2. The first kappa shape index (κ1) is 23.3. The average Bonchev–Trinajstić information content (AvgIpc) is 2.77. The second-order valence-electron chi connectivity index (χ2n) is 7.67. The van der Waals surface area contributed by atoms with Gasteiger partial charge in [0.1, 0.15) is 0 Å². The lowest BCUT2D eigenvalue weighted by Crippen LogP contribution is -2.16. The number of fused-ring (bicyclic) bond motifs is 1. The zero-order valence-corrected chi connectivity index (χ0v) is 18.7. The number of rotatable bonds is 4. The molecule has 4 rings (SSSR count). The van der Waals surface area contributed by atoms with Crippen molar-refractivity contribution in [3.8, 4) is 22.4 Å². The lowest BCUT2D eigenvalue weighted by Gasteiger charge is -2.17. The van der Waals surface area contributed by atoms with Crippen molar-refractivity contribution in [1.82, 2.24) is 15.0 Å². The molecule has 0 aliphatic rings. The maximum atomic E-state index is 13.8. The molecule has 0 radical (unpaired) electrons. The van der Waals surface area contributed by atoms with Crippen LogP contribution in [-0.4, -0.2) is 35.5 Å². The van der Waals surface area contributed by atoms with Gasteiger partial charge in [0.05, 0.1) is 23.0 Å². The number of nitrogens with zero attached hydrogens (tertiary/aromatic N) is 3. The molecule has 0 unspecified atom stereocenters. The normalized spacial score (nSPS) is 12.1. The molecule has 34 heavy (non-hydrogen) atoms. The average molecular weight is 486 g/mol. The van der Waals surface area contributed by atoms with E-state index in [1.165, 1.54) is 30.6 Å².